The average Bonchev–Trinajstić information content (AvgIpc) is 3.23. The van der Waals surface area contributed by atoms with Crippen LogP contribution in [0.2, 0.25) is 0 Å². The fraction of sp³-hybridized carbons (Fsp3) is 0.722. The monoisotopic (exact) mass is 314 g/mol. The van der Waals surface area contributed by atoms with Gasteiger partial charge in [-0.1, -0.05) is 6.42 Å². The van der Waals surface area contributed by atoms with Crippen LogP contribution in [0.25, 0.3) is 0 Å². The first kappa shape index (κ1) is 14.9. The Hall–Kier alpha value is -1.65. The van der Waals surface area contributed by atoms with Crippen LogP contribution in [0, 0.1) is 31.6 Å². The lowest BCUT2D eigenvalue weighted by Crippen LogP contribution is -2.36. The number of carbonyl (C=O) groups excluding carboxylic acids is 1. The molecule has 23 heavy (non-hydrogen) atoms. The fourth-order valence-corrected chi connectivity index (χ4v) is 4.67. The zero-order valence-electron chi connectivity index (χ0n) is 14.2. The zero-order valence-corrected chi connectivity index (χ0v) is 14.2. The van der Waals surface area contributed by atoms with E-state index in [4.69, 9.17) is 0 Å². The number of nitrogens with zero attached hydrogens (tertiary/aromatic N) is 4. The van der Waals surface area contributed by atoms with Crippen molar-refractivity contribution >= 4 is 11.7 Å². The number of fused-ring (bicyclic) bond motifs is 1. The van der Waals surface area contributed by atoms with E-state index in [1.165, 1.54) is 19.3 Å². The highest BCUT2D eigenvalue weighted by Crippen LogP contribution is 2.38. The van der Waals surface area contributed by atoms with Crippen molar-refractivity contribution in [1.29, 1.82) is 0 Å². The number of carbonyl (C=O) groups is 1. The Labute approximate surface area is 138 Å². The van der Waals surface area contributed by atoms with E-state index in [-0.39, 0.29) is 5.92 Å². The minimum atomic E-state index is 0.142. The van der Waals surface area contributed by atoms with Crippen molar-refractivity contribution in [2.45, 2.75) is 39.5 Å². The molecule has 3 unspecified atom stereocenters. The van der Waals surface area contributed by atoms with Crippen LogP contribution in [-0.4, -0.2) is 47.0 Å². The van der Waals surface area contributed by atoms with Gasteiger partial charge in [-0.25, -0.2) is 9.97 Å². The van der Waals surface area contributed by atoms with Gasteiger partial charge in [0.05, 0.1) is 5.92 Å². The molecule has 4 rings (SSSR count). The van der Waals surface area contributed by atoms with E-state index in [0.29, 0.717) is 5.91 Å². The predicted molar refractivity (Wildman–Crippen MR) is 89.2 cm³/mol. The molecule has 1 amide bonds. The highest BCUT2D eigenvalue weighted by Gasteiger charge is 2.41. The average molecular weight is 314 g/mol. The standard InChI is InChI=1S/C18H26N4O/c1-12-13(2)19-11-20-17(12)21-7-6-16(10-21)18(23)22-8-14-4-3-5-15(14)9-22/h11,14-16H,3-10H2,1-2H3. The van der Waals surface area contributed by atoms with Gasteiger partial charge >= 0.3 is 0 Å². The van der Waals surface area contributed by atoms with E-state index in [2.05, 4.69) is 26.7 Å². The Balaban J connectivity index is 1.42. The lowest BCUT2D eigenvalue weighted by Gasteiger charge is -2.23. The first-order valence-electron chi connectivity index (χ1n) is 8.95. The third-order valence-electron chi connectivity index (χ3n) is 6.18. The Kier molecular flexibility index (Phi) is 3.74. The van der Waals surface area contributed by atoms with Crippen LogP contribution < -0.4 is 4.90 Å². The van der Waals surface area contributed by atoms with Crippen molar-refractivity contribution in [2.75, 3.05) is 31.1 Å². The van der Waals surface area contributed by atoms with Gasteiger partial charge in [-0.2, -0.15) is 0 Å². The minimum absolute atomic E-state index is 0.142. The maximum Gasteiger partial charge on any atom is 0.227 e. The molecule has 124 valence electrons. The van der Waals surface area contributed by atoms with Crippen molar-refractivity contribution in [1.82, 2.24) is 14.9 Å². The smallest absolute Gasteiger partial charge is 0.227 e. The molecule has 5 nitrogen and oxygen atoms in total. The number of hydrogen-bond acceptors (Lipinski definition) is 4. The second-order valence-corrected chi connectivity index (χ2v) is 7.53. The van der Waals surface area contributed by atoms with Gasteiger partial charge < -0.3 is 9.80 Å². The predicted octanol–water partition coefficient (Wildman–Crippen LogP) is 2.18. The van der Waals surface area contributed by atoms with Crippen molar-refractivity contribution in [3.8, 4) is 0 Å². The molecule has 0 aromatic carbocycles. The molecule has 5 heteroatoms. The van der Waals surface area contributed by atoms with Crippen LogP contribution in [0.15, 0.2) is 6.33 Å². The maximum atomic E-state index is 12.9. The van der Waals surface area contributed by atoms with E-state index >= 15 is 0 Å². The van der Waals surface area contributed by atoms with Crippen molar-refractivity contribution in [2.24, 2.45) is 17.8 Å². The summed E-state index contributed by atoms with van der Waals surface area (Å²) in [5.41, 5.74) is 2.16. The number of aromatic nitrogens is 2. The van der Waals surface area contributed by atoms with Gasteiger partial charge in [-0.3, -0.25) is 4.79 Å². The summed E-state index contributed by atoms with van der Waals surface area (Å²) < 4.78 is 0. The van der Waals surface area contributed by atoms with Gasteiger partial charge in [0.25, 0.3) is 0 Å². The molecule has 3 fully saturated rings. The van der Waals surface area contributed by atoms with Gasteiger partial charge in [0.2, 0.25) is 5.91 Å². The Morgan fingerprint density at radius 1 is 1.09 bits per heavy atom. The molecule has 0 spiro atoms. The molecule has 1 aromatic rings. The summed E-state index contributed by atoms with van der Waals surface area (Å²) in [5, 5.41) is 0. The molecular formula is C18H26N4O. The summed E-state index contributed by atoms with van der Waals surface area (Å²) in [6.45, 7) is 7.83. The van der Waals surface area contributed by atoms with Crippen LogP contribution >= 0.6 is 0 Å². The van der Waals surface area contributed by atoms with Gasteiger partial charge in [-0.05, 0) is 44.9 Å². The Bertz CT molecular complexity index is 605. The zero-order chi connectivity index (χ0) is 16.0. The maximum absolute atomic E-state index is 12.9. The summed E-state index contributed by atoms with van der Waals surface area (Å²) >= 11 is 0. The largest absolute Gasteiger partial charge is 0.355 e. The second-order valence-electron chi connectivity index (χ2n) is 7.53. The topological polar surface area (TPSA) is 49.3 Å². The second kappa shape index (κ2) is 5.77. The number of rotatable bonds is 2. The molecule has 3 atom stereocenters. The Morgan fingerprint density at radius 3 is 2.57 bits per heavy atom. The SMILES string of the molecule is Cc1ncnc(N2CCC(C(=O)N3CC4CCCC4C3)C2)c1C. The normalized spacial score (nSPS) is 30.1. The van der Waals surface area contributed by atoms with Gasteiger partial charge in [0.1, 0.15) is 12.1 Å². The number of hydrogen-bond donors (Lipinski definition) is 0. The van der Waals surface area contributed by atoms with Crippen molar-refractivity contribution < 1.29 is 4.79 Å². The van der Waals surface area contributed by atoms with E-state index in [1.807, 2.05) is 6.92 Å². The van der Waals surface area contributed by atoms with Gasteiger partial charge in [0, 0.05) is 37.4 Å². The Morgan fingerprint density at radius 2 is 1.83 bits per heavy atom. The van der Waals surface area contributed by atoms with Crippen LogP contribution in [-0.2, 0) is 4.79 Å². The molecule has 3 aliphatic rings. The summed E-state index contributed by atoms with van der Waals surface area (Å²) in [7, 11) is 0. The minimum Gasteiger partial charge on any atom is -0.355 e. The molecular weight excluding hydrogens is 288 g/mol. The lowest BCUT2D eigenvalue weighted by atomic mass is 10.0. The van der Waals surface area contributed by atoms with E-state index < -0.39 is 0 Å². The molecule has 1 aliphatic carbocycles. The van der Waals surface area contributed by atoms with Crippen molar-refractivity contribution in [3.05, 3.63) is 17.6 Å². The van der Waals surface area contributed by atoms with Crippen LogP contribution in [0.3, 0.4) is 0 Å². The van der Waals surface area contributed by atoms with Gasteiger partial charge in [0.15, 0.2) is 0 Å². The van der Waals surface area contributed by atoms with E-state index in [9.17, 15) is 4.79 Å². The molecule has 2 saturated heterocycles. The first-order chi connectivity index (χ1) is 11.1. The van der Waals surface area contributed by atoms with Crippen LogP contribution in [0.1, 0.15) is 36.9 Å². The van der Waals surface area contributed by atoms with Crippen LogP contribution in [0.4, 0.5) is 5.82 Å². The third kappa shape index (κ3) is 2.60. The quantitative estimate of drug-likeness (QED) is 0.839. The molecule has 0 radical (unpaired) electrons. The van der Waals surface area contributed by atoms with E-state index in [0.717, 1.165) is 61.5 Å². The van der Waals surface area contributed by atoms with Crippen LogP contribution in [0.5, 0.6) is 0 Å². The number of aryl methyl sites for hydroxylation is 1. The van der Waals surface area contributed by atoms with Crippen molar-refractivity contribution in [3.63, 3.8) is 0 Å². The first-order valence-corrected chi connectivity index (χ1v) is 8.95. The fourth-order valence-electron chi connectivity index (χ4n) is 4.67. The number of amides is 1. The lowest BCUT2D eigenvalue weighted by molar-refractivity contribution is -0.134. The number of anilines is 1. The molecule has 1 aromatic heterocycles. The molecule has 0 N–H and O–H groups in total. The highest BCUT2D eigenvalue weighted by atomic mass is 16.2. The highest BCUT2D eigenvalue weighted by molar-refractivity contribution is 5.80. The van der Waals surface area contributed by atoms with Gasteiger partial charge in [-0.15, -0.1) is 0 Å². The third-order valence-corrected chi connectivity index (χ3v) is 6.18. The summed E-state index contributed by atoms with van der Waals surface area (Å²) in [5.74, 6) is 3.09. The molecule has 0 bridgehead atoms. The molecule has 3 heterocycles. The van der Waals surface area contributed by atoms with E-state index in [1.54, 1.807) is 6.33 Å². The summed E-state index contributed by atoms with van der Waals surface area (Å²) in [6.07, 6.45) is 6.60. The molecule has 2 aliphatic heterocycles. The summed E-state index contributed by atoms with van der Waals surface area (Å²) in [4.78, 5) is 26.0. The molecule has 1 saturated carbocycles. The number of likely N-dealkylation sites (tertiary alicyclic amines) is 1. The summed E-state index contributed by atoms with van der Waals surface area (Å²) in [6, 6.07) is 0.